The normalized spacial score (nSPS) is 10.8. The molecule has 0 spiro atoms. The Morgan fingerprint density at radius 2 is 1.83 bits per heavy atom. The molecule has 8 heteroatoms. The van der Waals surface area contributed by atoms with Gasteiger partial charge in [-0.2, -0.15) is 0 Å². The van der Waals surface area contributed by atoms with E-state index < -0.39 is 13.7 Å². The van der Waals surface area contributed by atoms with Gasteiger partial charge < -0.3 is 5.11 Å². The summed E-state index contributed by atoms with van der Waals surface area (Å²) in [5.41, 5.74) is 2.55. The zero-order chi connectivity index (χ0) is 17.9. The molecule has 0 amide bonds. The van der Waals surface area contributed by atoms with Crippen molar-refractivity contribution < 1.29 is 23.5 Å². The molecule has 23 heavy (non-hydrogen) atoms. The van der Waals surface area contributed by atoms with E-state index in [0.29, 0.717) is 19.8 Å². The molecule has 1 rings (SSSR count). The number of carboxylic acids is 1. The minimum atomic E-state index is -3.28. The van der Waals surface area contributed by atoms with Gasteiger partial charge in [0.15, 0.2) is 0 Å². The first kappa shape index (κ1) is 22.5. The van der Waals surface area contributed by atoms with Crippen molar-refractivity contribution in [2.75, 3.05) is 18.1 Å². The van der Waals surface area contributed by atoms with Crippen molar-refractivity contribution in [2.24, 2.45) is 0 Å². The number of hydrogen-bond acceptors (Lipinski definition) is 4. The third-order valence-electron chi connectivity index (χ3n) is 2.82. The second-order valence-electron chi connectivity index (χ2n) is 4.50. The summed E-state index contributed by atoms with van der Waals surface area (Å²) in [5, 5.41) is 11.6. The number of aliphatic carboxylic acids is 1. The van der Waals surface area contributed by atoms with Gasteiger partial charge in [-0.05, 0) is 42.4 Å². The lowest BCUT2D eigenvalue weighted by Gasteiger charge is -2.18. The van der Waals surface area contributed by atoms with Gasteiger partial charge in [0.1, 0.15) is 0 Å². The molecule has 0 bridgehead atoms. The number of alkyl halides is 1. The second kappa shape index (κ2) is 12.0. The number of rotatable bonds is 9. The van der Waals surface area contributed by atoms with Gasteiger partial charge in [-0.3, -0.25) is 13.8 Å². The van der Waals surface area contributed by atoms with Gasteiger partial charge in [-0.15, -0.1) is 0 Å². The maximum absolute atomic E-state index is 12.3. The van der Waals surface area contributed by atoms with E-state index in [9.17, 15) is 9.36 Å². The molecule has 0 unspecified atom stereocenters. The van der Waals surface area contributed by atoms with Crippen molar-refractivity contribution in [3.05, 3.63) is 34.9 Å². The van der Waals surface area contributed by atoms with Crippen LogP contribution in [0.1, 0.15) is 30.5 Å². The summed E-state index contributed by atoms with van der Waals surface area (Å²) < 4.78 is 22.5. The Morgan fingerprint density at radius 1 is 1.26 bits per heavy atom. The highest BCUT2D eigenvalue weighted by Crippen LogP contribution is 2.43. The first-order valence-corrected chi connectivity index (χ1v) is 10.9. The molecule has 0 atom stereocenters. The fourth-order valence-corrected chi connectivity index (χ4v) is 3.20. The second-order valence-corrected chi connectivity index (χ2v) is 6.33. The Labute approximate surface area is 151 Å². The monoisotopic (exact) mass is 457 g/mol. The first-order valence-electron chi connectivity index (χ1n) is 7.22. The van der Waals surface area contributed by atoms with Gasteiger partial charge in [-0.1, -0.05) is 40.8 Å². The van der Waals surface area contributed by atoms with Crippen molar-refractivity contribution in [3.63, 3.8) is 0 Å². The minimum Gasteiger partial charge on any atom is -0.481 e. The van der Waals surface area contributed by atoms with Crippen LogP contribution >= 0.6 is 30.3 Å². The van der Waals surface area contributed by atoms with Crippen LogP contribution in [0.4, 0.5) is 0 Å². The summed E-state index contributed by atoms with van der Waals surface area (Å²) in [6.45, 7) is 6.26. The first-order chi connectivity index (χ1) is 10.9. The molecule has 2 N–H and O–H groups in total. The van der Waals surface area contributed by atoms with E-state index in [0.717, 1.165) is 16.7 Å². The van der Waals surface area contributed by atoms with E-state index in [1.165, 1.54) is 0 Å². The maximum Gasteiger partial charge on any atom is 0.405 e. The molecule has 6 nitrogen and oxygen atoms in total. The molecule has 0 aliphatic rings. The average Bonchev–Trinajstić information content (AvgIpc) is 2.50. The van der Waals surface area contributed by atoms with Crippen molar-refractivity contribution in [3.8, 4) is 0 Å². The van der Waals surface area contributed by atoms with E-state index in [1.54, 1.807) is 26.0 Å². The number of nitrogens with one attached hydrogen (secondary N) is 1. The van der Waals surface area contributed by atoms with E-state index in [2.05, 4.69) is 27.7 Å². The largest absolute Gasteiger partial charge is 0.481 e. The molecule has 132 valence electrons. The van der Waals surface area contributed by atoms with E-state index in [1.807, 2.05) is 17.9 Å². The quantitative estimate of drug-likeness (QED) is 0.332. The lowest BCUT2D eigenvalue weighted by Crippen LogP contribution is -2.15. The SMILES string of the molecule is CCOP(=O)(NCc1ccc(CC(=O)O)c(C)c1)OCC.CI. The Balaban J connectivity index is 0.00000232. The van der Waals surface area contributed by atoms with Gasteiger partial charge >= 0.3 is 13.7 Å². The predicted molar refractivity (Wildman–Crippen MR) is 100 cm³/mol. The zero-order valence-electron chi connectivity index (χ0n) is 14.0. The van der Waals surface area contributed by atoms with Crippen LogP contribution in [0.25, 0.3) is 0 Å². The van der Waals surface area contributed by atoms with E-state index >= 15 is 0 Å². The highest BCUT2D eigenvalue weighted by Gasteiger charge is 2.22. The van der Waals surface area contributed by atoms with Gasteiger partial charge in [0.25, 0.3) is 0 Å². The molecular weight excluding hydrogens is 432 g/mol. The van der Waals surface area contributed by atoms with Gasteiger partial charge in [0.2, 0.25) is 0 Å². The van der Waals surface area contributed by atoms with Crippen LogP contribution in [0.5, 0.6) is 0 Å². The van der Waals surface area contributed by atoms with Crippen LogP contribution in [0.3, 0.4) is 0 Å². The average molecular weight is 457 g/mol. The molecule has 1 aromatic rings. The predicted octanol–water partition coefficient (Wildman–Crippen LogP) is 3.94. The molecular formula is C15H25INO5P. The number of carboxylic acid groups (broad SMARTS) is 1. The molecule has 0 saturated carbocycles. The molecule has 0 saturated heterocycles. The lowest BCUT2D eigenvalue weighted by molar-refractivity contribution is -0.136. The molecule has 0 heterocycles. The third-order valence-corrected chi connectivity index (χ3v) is 4.57. The van der Waals surface area contributed by atoms with E-state index in [4.69, 9.17) is 14.2 Å². The third kappa shape index (κ3) is 8.81. The number of benzene rings is 1. The zero-order valence-corrected chi connectivity index (χ0v) is 17.0. The summed E-state index contributed by atoms with van der Waals surface area (Å²) in [6.07, 6.45) is -0.00404. The fraction of sp³-hybridized carbons (Fsp3) is 0.533. The highest BCUT2D eigenvalue weighted by molar-refractivity contribution is 14.1. The van der Waals surface area contributed by atoms with Crippen LogP contribution in [0, 0.1) is 6.92 Å². The summed E-state index contributed by atoms with van der Waals surface area (Å²) >= 11 is 2.15. The number of hydrogen-bond donors (Lipinski definition) is 2. The molecule has 0 aromatic heterocycles. The summed E-state index contributed by atoms with van der Waals surface area (Å²) in [4.78, 5) is 12.7. The number of halogens is 1. The Morgan fingerprint density at radius 3 is 2.26 bits per heavy atom. The Bertz CT molecular complexity index is 529. The number of aryl methyl sites for hydroxylation is 1. The van der Waals surface area contributed by atoms with E-state index in [-0.39, 0.29) is 6.42 Å². The Kier molecular flexibility index (Phi) is 11.7. The smallest absolute Gasteiger partial charge is 0.405 e. The summed E-state index contributed by atoms with van der Waals surface area (Å²) in [5.74, 6) is -0.860. The molecule has 0 aliphatic carbocycles. The van der Waals surface area contributed by atoms with Crippen molar-refractivity contribution in [1.29, 1.82) is 0 Å². The number of carbonyl (C=O) groups is 1. The highest BCUT2D eigenvalue weighted by atomic mass is 127. The van der Waals surface area contributed by atoms with Crippen LogP contribution in [-0.4, -0.2) is 29.2 Å². The lowest BCUT2D eigenvalue weighted by atomic mass is 10.0. The topological polar surface area (TPSA) is 84.9 Å². The molecule has 0 fully saturated rings. The minimum absolute atomic E-state index is 0.00404. The Hall–Kier alpha value is -0.470. The van der Waals surface area contributed by atoms with Crippen LogP contribution in [0.15, 0.2) is 18.2 Å². The standard InChI is InChI=1S/C14H22NO5P.CH3I/c1-4-19-21(18,20-5-2)15-10-12-6-7-13(9-14(16)17)11(3)8-12;1-2/h6-8H,4-5,9-10H2,1-3H3,(H,15,18)(H,16,17);1H3. The van der Waals surface area contributed by atoms with Crippen LogP contribution in [0.2, 0.25) is 0 Å². The molecule has 1 aromatic carbocycles. The van der Waals surface area contributed by atoms with Crippen molar-refractivity contribution in [2.45, 2.75) is 33.7 Å². The van der Waals surface area contributed by atoms with Crippen LogP contribution < -0.4 is 5.09 Å². The van der Waals surface area contributed by atoms with Crippen LogP contribution in [-0.2, 0) is 31.4 Å². The molecule has 0 radical (unpaired) electrons. The summed E-state index contributed by atoms with van der Waals surface area (Å²) in [7, 11) is -3.28. The summed E-state index contributed by atoms with van der Waals surface area (Å²) in [6, 6.07) is 5.45. The van der Waals surface area contributed by atoms with Gasteiger partial charge in [0.05, 0.1) is 19.6 Å². The van der Waals surface area contributed by atoms with Crippen molar-refractivity contribution >= 4 is 36.3 Å². The molecule has 0 aliphatic heterocycles. The fourth-order valence-electron chi connectivity index (χ4n) is 1.89. The maximum atomic E-state index is 12.3. The van der Waals surface area contributed by atoms with Gasteiger partial charge in [0, 0.05) is 6.54 Å². The van der Waals surface area contributed by atoms with Gasteiger partial charge in [-0.25, -0.2) is 9.65 Å². The van der Waals surface area contributed by atoms with Crippen molar-refractivity contribution in [1.82, 2.24) is 5.09 Å².